The minimum atomic E-state index is -0.174. The highest BCUT2D eigenvalue weighted by Gasteiger charge is 2.10. The van der Waals surface area contributed by atoms with Crippen molar-refractivity contribution in [1.29, 1.82) is 0 Å². The van der Waals surface area contributed by atoms with Gasteiger partial charge in [0.2, 0.25) is 5.43 Å². The highest BCUT2D eigenvalue weighted by Crippen LogP contribution is 2.26. The van der Waals surface area contributed by atoms with Crippen molar-refractivity contribution in [2.45, 2.75) is 0 Å². The van der Waals surface area contributed by atoms with Crippen LogP contribution in [0.4, 0.5) is 0 Å². The van der Waals surface area contributed by atoms with E-state index in [1.165, 1.54) is 7.11 Å². The lowest BCUT2D eigenvalue weighted by molar-refractivity contribution is 0.411. The maximum atomic E-state index is 12.3. The molecule has 1 aromatic heterocycles. The minimum absolute atomic E-state index is 0.174. The van der Waals surface area contributed by atoms with E-state index < -0.39 is 0 Å². The van der Waals surface area contributed by atoms with Crippen LogP contribution in [-0.2, 0) is 0 Å². The highest BCUT2D eigenvalue weighted by molar-refractivity contribution is 5.82. The summed E-state index contributed by atoms with van der Waals surface area (Å²) in [7, 11) is 1.49. The van der Waals surface area contributed by atoms with Gasteiger partial charge in [0.25, 0.3) is 0 Å². The van der Waals surface area contributed by atoms with Crippen molar-refractivity contribution in [1.82, 2.24) is 0 Å². The van der Waals surface area contributed by atoms with Crippen LogP contribution in [0.15, 0.2) is 63.8 Å². The Morgan fingerprint density at radius 1 is 1.00 bits per heavy atom. The first kappa shape index (κ1) is 11.5. The molecular formula is C16H12O3. The molecule has 19 heavy (non-hydrogen) atoms. The Morgan fingerprint density at radius 3 is 2.53 bits per heavy atom. The molecule has 0 N–H and O–H groups in total. The summed E-state index contributed by atoms with van der Waals surface area (Å²) >= 11 is 0. The summed E-state index contributed by atoms with van der Waals surface area (Å²) in [4.78, 5) is 12.3. The van der Waals surface area contributed by atoms with Crippen LogP contribution in [0, 0.1) is 0 Å². The molecule has 0 saturated carbocycles. The number of rotatable bonds is 2. The van der Waals surface area contributed by atoms with Crippen LogP contribution in [0.1, 0.15) is 0 Å². The van der Waals surface area contributed by atoms with E-state index in [9.17, 15) is 4.79 Å². The summed E-state index contributed by atoms with van der Waals surface area (Å²) in [5.74, 6) is 0.862. The van der Waals surface area contributed by atoms with Crippen LogP contribution in [0.3, 0.4) is 0 Å². The van der Waals surface area contributed by atoms with Crippen molar-refractivity contribution in [3.8, 4) is 17.1 Å². The number of hydrogen-bond acceptors (Lipinski definition) is 3. The van der Waals surface area contributed by atoms with E-state index in [0.717, 1.165) is 11.0 Å². The number of benzene rings is 1. The fourth-order valence-corrected chi connectivity index (χ4v) is 2.05. The average molecular weight is 252 g/mol. The highest BCUT2D eigenvalue weighted by atomic mass is 16.5. The zero-order valence-electron chi connectivity index (χ0n) is 10.4. The molecule has 0 spiro atoms. The molecule has 3 nitrogen and oxygen atoms in total. The lowest BCUT2D eigenvalue weighted by Gasteiger charge is -1.95. The van der Waals surface area contributed by atoms with Gasteiger partial charge in [-0.3, -0.25) is 4.79 Å². The quantitative estimate of drug-likeness (QED) is 0.701. The van der Waals surface area contributed by atoms with Crippen LogP contribution in [0.25, 0.3) is 22.3 Å². The molecule has 0 aliphatic heterocycles. The first-order valence-corrected chi connectivity index (χ1v) is 5.96. The first-order valence-electron chi connectivity index (χ1n) is 5.96. The lowest BCUT2D eigenvalue weighted by atomic mass is 10.2. The normalized spacial score (nSPS) is 10.6. The van der Waals surface area contributed by atoms with Crippen molar-refractivity contribution >= 4 is 11.0 Å². The van der Waals surface area contributed by atoms with E-state index in [4.69, 9.17) is 9.15 Å². The molecule has 0 fully saturated rings. The maximum Gasteiger partial charge on any atom is 0.231 e. The van der Waals surface area contributed by atoms with Gasteiger partial charge in [-0.15, -0.1) is 0 Å². The van der Waals surface area contributed by atoms with E-state index in [1.54, 1.807) is 24.3 Å². The largest absolute Gasteiger partial charge is 0.493 e. The van der Waals surface area contributed by atoms with E-state index >= 15 is 0 Å². The van der Waals surface area contributed by atoms with Gasteiger partial charge < -0.3 is 9.15 Å². The molecule has 0 amide bonds. The Balaban J connectivity index is 2.27. The topological polar surface area (TPSA) is 39.4 Å². The second-order valence-electron chi connectivity index (χ2n) is 4.18. The molecule has 0 radical (unpaired) electrons. The average Bonchev–Trinajstić information content (AvgIpc) is 2.76. The maximum absolute atomic E-state index is 12.3. The third-order valence-electron chi connectivity index (χ3n) is 3.00. The Hall–Kier alpha value is -2.55. The van der Waals surface area contributed by atoms with Crippen LogP contribution in [0.5, 0.6) is 5.75 Å². The predicted molar refractivity (Wildman–Crippen MR) is 74.5 cm³/mol. The van der Waals surface area contributed by atoms with Crippen molar-refractivity contribution < 1.29 is 9.15 Å². The van der Waals surface area contributed by atoms with Crippen molar-refractivity contribution in [2.24, 2.45) is 0 Å². The van der Waals surface area contributed by atoms with Crippen LogP contribution >= 0.6 is 0 Å². The summed E-state index contributed by atoms with van der Waals surface area (Å²) < 4.78 is 10.8. The number of fused-ring (bicyclic) bond motifs is 1. The molecule has 3 rings (SSSR count). The van der Waals surface area contributed by atoms with Gasteiger partial charge in [0, 0.05) is 5.39 Å². The zero-order chi connectivity index (χ0) is 13.2. The molecule has 0 aliphatic carbocycles. The Morgan fingerprint density at radius 2 is 1.74 bits per heavy atom. The van der Waals surface area contributed by atoms with E-state index in [2.05, 4.69) is 0 Å². The second-order valence-corrected chi connectivity index (χ2v) is 4.18. The standard InChI is InChI=1S/C16H12O3/c1-18-14-9-5-3-7-12(16(14)17)15-10-11-6-2-4-8-13(11)19-15/h2-10H,1H3. The van der Waals surface area contributed by atoms with Crippen LogP contribution < -0.4 is 10.2 Å². The molecule has 2 aromatic carbocycles. The van der Waals surface area contributed by atoms with Crippen molar-refractivity contribution in [3.05, 3.63) is 64.8 Å². The van der Waals surface area contributed by atoms with Crippen LogP contribution in [0.2, 0.25) is 0 Å². The van der Waals surface area contributed by atoms with E-state index in [0.29, 0.717) is 17.1 Å². The van der Waals surface area contributed by atoms with Gasteiger partial charge in [-0.1, -0.05) is 30.3 Å². The molecule has 3 aromatic rings. The zero-order valence-corrected chi connectivity index (χ0v) is 10.4. The van der Waals surface area contributed by atoms with Gasteiger partial charge in [-0.25, -0.2) is 0 Å². The molecule has 94 valence electrons. The van der Waals surface area contributed by atoms with Gasteiger partial charge in [0.05, 0.1) is 12.7 Å². The smallest absolute Gasteiger partial charge is 0.231 e. The van der Waals surface area contributed by atoms with E-state index in [-0.39, 0.29) is 5.43 Å². The van der Waals surface area contributed by atoms with Gasteiger partial charge >= 0.3 is 0 Å². The molecule has 3 heteroatoms. The summed E-state index contributed by atoms with van der Waals surface area (Å²) in [5, 5.41) is 0.974. The number of para-hydroxylation sites is 1. The summed E-state index contributed by atoms with van der Waals surface area (Å²) in [5.41, 5.74) is 1.09. The Bertz CT molecular complexity index is 754. The van der Waals surface area contributed by atoms with Gasteiger partial charge in [0.15, 0.2) is 5.75 Å². The Kier molecular flexibility index (Phi) is 2.80. The van der Waals surface area contributed by atoms with Crippen LogP contribution in [-0.4, -0.2) is 7.11 Å². The molecule has 0 saturated heterocycles. The monoisotopic (exact) mass is 252 g/mol. The van der Waals surface area contributed by atoms with Gasteiger partial charge in [-0.2, -0.15) is 0 Å². The van der Waals surface area contributed by atoms with Gasteiger partial charge in [-0.05, 0) is 24.3 Å². The fourth-order valence-electron chi connectivity index (χ4n) is 2.05. The molecule has 0 unspecified atom stereocenters. The number of methoxy groups -OCH3 is 1. The molecule has 0 bridgehead atoms. The third-order valence-corrected chi connectivity index (χ3v) is 3.00. The first-order chi connectivity index (χ1) is 9.29. The third kappa shape index (κ3) is 1.99. The predicted octanol–water partition coefficient (Wildman–Crippen LogP) is 3.47. The van der Waals surface area contributed by atoms with Gasteiger partial charge in [0.1, 0.15) is 11.3 Å². The van der Waals surface area contributed by atoms with Crippen molar-refractivity contribution in [2.75, 3.05) is 7.11 Å². The minimum Gasteiger partial charge on any atom is -0.493 e. The Labute approximate surface area is 110 Å². The number of furan rings is 1. The molecule has 1 heterocycles. The molecular weight excluding hydrogens is 240 g/mol. The summed E-state index contributed by atoms with van der Waals surface area (Å²) in [6, 6.07) is 16.5. The second kappa shape index (κ2) is 4.61. The molecule has 0 atom stereocenters. The SMILES string of the molecule is COc1ccccc(-c2cc3ccccc3o2)c1=O. The summed E-state index contributed by atoms with van der Waals surface area (Å²) in [6.45, 7) is 0. The number of hydrogen-bond donors (Lipinski definition) is 0. The van der Waals surface area contributed by atoms with E-state index in [1.807, 2.05) is 30.3 Å². The summed E-state index contributed by atoms with van der Waals surface area (Å²) in [6.07, 6.45) is 0. The number of ether oxygens (including phenoxy) is 1. The van der Waals surface area contributed by atoms with Crippen molar-refractivity contribution in [3.63, 3.8) is 0 Å². The fraction of sp³-hybridized carbons (Fsp3) is 0.0625. The molecule has 0 aliphatic rings. The lowest BCUT2D eigenvalue weighted by Crippen LogP contribution is -2.04.